The van der Waals surface area contributed by atoms with Crippen LogP contribution < -0.4 is 0 Å². The van der Waals surface area contributed by atoms with Crippen LogP contribution in [0, 0.1) is 17.8 Å². The third-order valence-corrected chi connectivity index (χ3v) is 4.27. The van der Waals surface area contributed by atoms with E-state index in [0.717, 1.165) is 18.1 Å². The fourth-order valence-corrected chi connectivity index (χ4v) is 3.42. The van der Waals surface area contributed by atoms with Crippen LogP contribution in [0.2, 0.25) is 0 Å². The van der Waals surface area contributed by atoms with Gasteiger partial charge in [0.05, 0.1) is 5.92 Å². The van der Waals surface area contributed by atoms with Gasteiger partial charge in [-0.25, -0.2) is 0 Å². The van der Waals surface area contributed by atoms with Crippen LogP contribution in [0.15, 0.2) is 0 Å². The fraction of sp³-hybridized carbons (Fsp3) is 0.900. The number of thioether (sulfide) groups is 1. The summed E-state index contributed by atoms with van der Waals surface area (Å²) in [5, 5.41) is 9.03. The highest BCUT2D eigenvalue weighted by atomic mass is 32.2. The quantitative estimate of drug-likeness (QED) is 0.759. The molecule has 0 amide bonds. The second kappa shape index (κ2) is 3.91. The molecule has 74 valence electrons. The van der Waals surface area contributed by atoms with E-state index in [9.17, 15) is 4.79 Å². The zero-order chi connectivity index (χ0) is 9.26. The van der Waals surface area contributed by atoms with Crippen molar-refractivity contribution < 1.29 is 9.90 Å². The van der Waals surface area contributed by atoms with Crippen LogP contribution in [0.3, 0.4) is 0 Å². The van der Waals surface area contributed by atoms with Gasteiger partial charge < -0.3 is 5.11 Å². The largest absolute Gasteiger partial charge is 0.481 e. The van der Waals surface area contributed by atoms with Gasteiger partial charge in [0, 0.05) is 5.75 Å². The van der Waals surface area contributed by atoms with Crippen LogP contribution in [-0.2, 0) is 4.79 Å². The summed E-state index contributed by atoms with van der Waals surface area (Å²) in [7, 11) is 0. The van der Waals surface area contributed by atoms with E-state index in [1.807, 2.05) is 0 Å². The van der Waals surface area contributed by atoms with E-state index in [1.54, 1.807) is 11.8 Å². The minimum absolute atomic E-state index is 0.0562. The summed E-state index contributed by atoms with van der Waals surface area (Å²) in [5.74, 6) is 2.73. The molecule has 1 aliphatic carbocycles. The van der Waals surface area contributed by atoms with Crippen molar-refractivity contribution in [2.75, 3.05) is 11.5 Å². The van der Waals surface area contributed by atoms with E-state index in [-0.39, 0.29) is 5.92 Å². The molecule has 2 nitrogen and oxygen atoms in total. The molecule has 1 aliphatic heterocycles. The minimum Gasteiger partial charge on any atom is -0.481 e. The lowest BCUT2D eigenvalue weighted by Crippen LogP contribution is -2.30. The molecule has 0 bridgehead atoms. The summed E-state index contributed by atoms with van der Waals surface area (Å²) < 4.78 is 0. The number of aliphatic carboxylic acids is 1. The summed E-state index contributed by atoms with van der Waals surface area (Å²) in [5.41, 5.74) is 0. The molecule has 2 aliphatic rings. The average molecular weight is 200 g/mol. The highest BCUT2D eigenvalue weighted by molar-refractivity contribution is 7.99. The lowest BCUT2D eigenvalue weighted by molar-refractivity contribution is -0.143. The molecule has 0 aromatic heterocycles. The van der Waals surface area contributed by atoms with Gasteiger partial charge in [-0.1, -0.05) is 12.8 Å². The molecule has 1 saturated carbocycles. The van der Waals surface area contributed by atoms with Gasteiger partial charge in [0.15, 0.2) is 0 Å². The molecule has 3 heteroatoms. The van der Waals surface area contributed by atoms with Gasteiger partial charge >= 0.3 is 5.97 Å². The Hall–Kier alpha value is -0.180. The van der Waals surface area contributed by atoms with Crippen molar-refractivity contribution in [2.45, 2.75) is 25.7 Å². The van der Waals surface area contributed by atoms with Crippen LogP contribution in [0.5, 0.6) is 0 Å². The normalized spacial score (nSPS) is 34.5. The predicted octanol–water partition coefficient (Wildman–Crippen LogP) is 2.24. The van der Waals surface area contributed by atoms with Gasteiger partial charge in [-0.05, 0) is 30.4 Å². The first kappa shape index (κ1) is 9.38. The molecule has 0 aromatic rings. The number of carbonyl (C=O) groups is 1. The van der Waals surface area contributed by atoms with Crippen molar-refractivity contribution in [1.82, 2.24) is 0 Å². The first-order chi connectivity index (χ1) is 6.27. The molecule has 2 rings (SSSR count). The topological polar surface area (TPSA) is 37.3 Å². The van der Waals surface area contributed by atoms with E-state index < -0.39 is 5.97 Å². The zero-order valence-electron chi connectivity index (χ0n) is 7.74. The molecule has 2 fully saturated rings. The molecule has 13 heavy (non-hydrogen) atoms. The first-order valence-electron chi connectivity index (χ1n) is 5.08. The van der Waals surface area contributed by atoms with E-state index >= 15 is 0 Å². The molecule has 1 N–H and O–H groups in total. The van der Waals surface area contributed by atoms with Crippen molar-refractivity contribution in [3.05, 3.63) is 0 Å². The first-order valence-corrected chi connectivity index (χ1v) is 6.23. The maximum absolute atomic E-state index is 11.0. The molecular weight excluding hydrogens is 184 g/mol. The highest BCUT2D eigenvalue weighted by Gasteiger charge is 2.35. The fourth-order valence-electron chi connectivity index (χ4n) is 2.12. The second-order valence-electron chi connectivity index (χ2n) is 4.25. The van der Waals surface area contributed by atoms with Crippen LogP contribution >= 0.6 is 11.8 Å². The summed E-state index contributed by atoms with van der Waals surface area (Å²) >= 11 is 1.80. The van der Waals surface area contributed by atoms with Crippen LogP contribution in [0.4, 0.5) is 0 Å². The van der Waals surface area contributed by atoms with E-state index in [2.05, 4.69) is 0 Å². The standard InChI is InChI=1S/C10H16O2S/c11-10(12)9-6-13-4-3-8(9)5-7-1-2-7/h7-9H,1-6H2,(H,11,12). The average Bonchev–Trinajstić information content (AvgIpc) is 2.89. The van der Waals surface area contributed by atoms with E-state index in [0.29, 0.717) is 5.92 Å². The maximum Gasteiger partial charge on any atom is 0.307 e. The van der Waals surface area contributed by atoms with Crippen LogP contribution in [-0.4, -0.2) is 22.6 Å². The molecule has 0 spiro atoms. The van der Waals surface area contributed by atoms with Crippen molar-refractivity contribution in [3.63, 3.8) is 0 Å². The Balaban J connectivity index is 1.90. The van der Waals surface area contributed by atoms with Gasteiger partial charge in [-0.3, -0.25) is 4.79 Å². The van der Waals surface area contributed by atoms with Crippen LogP contribution in [0.25, 0.3) is 0 Å². The predicted molar refractivity (Wildman–Crippen MR) is 53.9 cm³/mol. The Morgan fingerprint density at radius 3 is 2.77 bits per heavy atom. The Kier molecular flexibility index (Phi) is 2.82. The van der Waals surface area contributed by atoms with E-state index in [4.69, 9.17) is 5.11 Å². The molecule has 0 radical (unpaired) electrons. The number of carboxylic acids is 1. The third kappa shape index (κ3) is 2.39. The minimum atomic E-state index is -0.571. The smallest absolute Gasteiger partial charge is 0.307 e. The Morgan fingerprint density at radius 1 is 1.38 bits per heavy atom. The maximum atomic E-state index is 11.0. The van der Waals surface area contributed by atoms with E-state index in [1.165, 1.54) is 25.0 Å². The Labute approximate surface area is 83.1 Å². The van der Waals surface area contributed by atoms with Gasteiger partial charge in [-0.2, -0.15) is 11.8 Å². The summed E-state index contributed by atoms with van der Waals surface area (Å²) in [6, 6.07) is 0. The molecule has 2 unspecified atom stereocenters. The molecule has 1 saturated heterocycles. The van der Waals surface area contributed by atoms with Gasteiger partial charge in [0.1, 0.15) is 0 Å². The third-order valence-electron chi connectivity index (χ3n) is 3.15. The highest BCUT2D eigenvalue weighted by Crippen LogP contribution is 2.41. The number of rotatable bonds is 3. The number of hydrogen-bond acceptors (Lipinski definition) is 2. The molecule has 0 aromatic carbocycles. The van der Waals surface area contributed by atoms with Gasteiger partial charge in [0.2, 0.25) is 0 Å². The number of carboxylic acid groups (broad SMARTS) is 1. The van der Waals surface area contributed by atoms with Gasteiger partial charge in [0.25, 0.3) is 0 Å². The lowest BCUT2D eigenvalue weighted by Gasteiger charge is -2.28. The van der Waals surface area contributed by atoms with Crippen molar-refractivity contribution in [1.29, 1.82) is 0 Å². The van der Waals surface area contributed by atoms with Crippen LogP contribution in [0.1, 0.15) is 25.7 Å². The second-order valence-corrected chi connectivity index (χ2v) is 5.40. The molecule has 1 heterocycles. The SMILES string of the molecule is O=C(O)C1CSCCC1CC1CC1. The summed E-state index contributed by atoms with van der Waals surface area (Å²) in [6.45, 7) is 0. The monoisotopic (exact) mass is 200 g/mol. The summed E-state index contributed by atoms with van der Waals surface area (Å²) in [4.78, 5) is 11.0. The van der Waals surface area contributed by atoms with Crippen molar-refractivity contribution in [2.24, 2.45) is 17.8 Å². The Bertz CT molecular complexity index is 201. The Morgan fingerprint density at radius 2 is 2.15 bits per heavy atom. The lowest BCUT2D eigenvalue weighted by atomic mass is 9.86. The van der Waals surface area contributed by atoms with Crippen molar-refractivity contribution >= 4 is 17.7 Å². The summed E-state index contributed by atoms with van der Waals surface area (Å²) in [6.07, 6.45) is 4.99. The van der Waals surface area contributed by atoms with Crippen molar-refractivity contribution in [3.8, 4) is 0 Å². The van der Waals surface area contributed by atoms with Gasteiger partial charge in [-0.15, -0.1) is 0 Å². The zero-order valence-corrected chi connectivity index (χ0v) is 8.55. The number of hydrogen-bond donors (Lipinski definition) is 1. The molecule has 2 atom stereocenters. The molecular formula is C10H16O2S.